The highest BCUT2D eigenvalue weighted by atomic mass is 32.2. The van der Waals surface area contributed by atoms with Crippen LogP contribution < -0.4 is 11.2 Å². The predicted octanol–water partition coefficient (Wildman–Crippen LogP) is 1.69. The van der Waals surface area contributed by atoms with Gasteiger partial charge in [-0.05, 0) is 48.6 Å². The lowest BCUT2D eigenvalue weighted by atomic mass is 9.97. The number of nitrogens with one attached hydrogen (secondary N) is 1. The summed E-state index contributed by atoms with van der Waals surface area (Å²) < 4.78 is 22.3. The monoisotopic (exact) mass is 390 g/mol. The van der Waals surface area contributed by atoms with Gasteiger partial charge in [-0.25, -0.2) is 13.9 Å². The first-order chi connectivity index (χ1) is 12.6. The maximum absolute atomic E-state index is 12.0. The van der Waals surface area contributed by atoms with Crippen LogP contribution in [0, 0.1) is 0 Å². The lowest BCUT2D eigenvalue weighted by molar-refractivity contribution is -0.131. The van der Waals surface area contributed by atoms with Crippen molar-refractivity contribution in [2.75, 3.05) is 6.26 Å². The molecule has 0 saturated heterocycles. The fourth-order valence-corrected chi connectivity index (χ4v) is 3.54. The molecule has 0 fully saturated rings. The molecule has 0 aliphatic carbocycles. The van der Waals surface area contributed by atoms with E-state index in [1.54, 1.807) is 18.2 Å². The van der Waals surface area contributed by atoms with Crippen molar-refractivity contribution in [3.8, 4) is 11.1 Å². The molecule has 0 bridgehead atoms. The molecule has 2 aromatic rings. The fraction of sp³-hybridized carbons (Fsp3) is 0.263. The largest absolute Gasteiger partial charge is 0.366 e. The van der Waals surface area contributed by atoms with Gasteiger partial charge in [-0.15, -0.1) is 0 Å². The second kappa shape index (κ2) is 7.89. The second-order valence-corrected chi connectivity index (χ2v) is 9.03. The molecule has 2 amide bonds. The van der Waals surface area contributed by atoms with Crippen LogP contribution in [0.25, 0.3) is 11.1 Å². The number of hydrogen-bond acceptors (Lipinski definition) is 5. The van der Waals surface area contributed by atoms with Crippen molar-refractivity contribution >= 4 is 21.7 Å². The minimum Gasteiger partial charge on any atom is -0.366 e. The minimum absolute atomic E-state index is 0.0226. The zero-order chi connectivity index (χ0) is 20.2. The highest BCUT2D eigenvalue weighted by Gasteiger charge is 2.43. The van der Waals surface area contributed by atoms with Gasteiger partial charge in [0, 0.05) is 11.8 Å². The molecule has 0 spiro atoms. The first-order valence-corrected chi connectivity index (χ1v) is 10.1. The summed E-state index contributed by atoms with van der Waals surface area (Å²) in [5.41, 5.74) is 9.69. The Labute approximate surface area is 158 Å². The van der Waals surface area contributed by atoms with Gasteiger partial charge < -0.3 is 5.73 Å². The van der Waals surface area contributed by atoms with E-state index in [0.29, 0.717) is 12.0 Å². The van der Waals surface area contributed by atoms with E-state index in [0.717, 1.165) is 22.9 Å². The van der Waals surface area contributed by atoms with Gasteiger partial charge in [0.25, 0.3) is 5.91 Å². The number of carbonyl (C=O) groups excluding carboxylic acids is 2. The number of hydroxylamine groups is 1. The number of carbonyl (C=O) groups is 2. The molecule has 7 nitrogen and oxygen atoms in total. The number of hydrogen-bond donors (Lipinski definition) is 3. The summed E-state index contributed by atoms with van der Waals surface area (Å²) in [7, 11) is -3.73. The SMILES string of the molecule is C[C@@](CCc1ccc(-c2cccc(C(N)=O)c2)cc1)(C(=O)NO)S(C)(=O)=O. The average Bonchev–Trinajstić information content (AvgIpc) is 2.65. The molecule has 2 aromatic carbocycles. The topological polar surface area (TPSA) is 127 Å². The first kappa shape index (κ1) is 20.6. The van der Waals surface area contributed by atoms with Crippen LogP contribution in [0.3, 0.4) is 0 Å². The van der Waals surface area contributed by atoms with E-state index in [4.69, 9.17) is 10.9 Å². The summed E-state index contributed by atoms with van der Waals surface area (Å²) in [4.78, 5) is 23.2. The Morgan fingerprint density at radius 3 is 2.26 bits per heavy atom. The standard InChI is InChI=1S/C19H22N2O5S/c1-19(18(23)21-24,27(2,25)26)11-10-13-6-8-14(9-7-13)15-4-3-5-16(12-15)17(20)22/h3-9,12,24H,10-11H2,1-2H3,(H2,20,22)(H,21,23)/t19-/m1/s1. The molecule has 1 atom stereocenters. The lowest BCUT2D eigenvalue weighted by Gasteiger charge is -2.25. The Kier molecular flexibility index (Phi) is 6.02. The number of rotatable bonds is 7. The van der Waals surface area contributed by atoms with Crippen LogP contribution in [0.4, 0.5) is 0 Å². The van der Waals surface area contributed by atoms with Crippen LogP contribution in [-0.2, 0) is 21.1 Å². The van der Waals surface area contributed by atoms with Crippen molar-refractivity contribution in [3.63, 3.8) is 0 Å². The van der Waals surface area contributed by atoms with Gasteiger partial charge in [0.15, 0.2) is 9.84 Å². The van der Waals surface area contributed by atoms with Crippen LogP contribution >= 0.6 is 0 Å². The smallest absolute Gasteiger partial charge is 0.264 e. The predicted molar refractivity (Wildman–Crippen MR) is 102 cm³/mol. The van der Waals surface area contributed by atoms with Crippen molar-refractivity contribution in [2.45, 2.75) is 24.5 Å². The third-order valence-corrected chi connectivity index (χ3v) is 6.75. The van der Waals surface area contributed by atoms with E-state index < -0.39 is 26.4 Å². The van der Waals surface area contributed by atoms with E-state index in [9.17, 15) is 18.0 Å². The maximum Gasteiger partial charge on any atom is 0.264 e. The third kappa shape index (κ3) is 4.53. The molecule has 0 saturated carbocycles. The Balaban J connectivity index is 2.19. The molecular weight excluding hydrogens is 368 g/mol. The van der Waals surface area contributed by atoms with Gasteiger partial charge in [0.05, 0.1) is 0 Å². The fourth-order valence-electron chi connectivity index (χ4n) is 2.68. The number of amides is 2. The molecule has 144 valence electrons. The Morgan fingerprint density at radius 2 is 1.74 bits per heavy atom. The number of benzene rings is 2. The van der Waals surface area contributed by atoms with Crippen LogP contribution in [0.15, 0.2) is 48.5 Å². The first-order valence-electron chi connectivity index (χ1n) is 8.22. The Bertz CT molecular complexity index is 954. The molecule has 4 N–H and O–H groups in total. The maximum atomic E-state index is 12.0. The van der Waals surface area contributed by atoms with Gasteiger partial charge in [-0.2, -0.15) is 0 Å². The van der Waals surface area contributed by atoms with Crippen molar-refractivity contribution in [1.82, 2.24) is 5.48 Å². The molecular formula is C19H22N2O5S. The van der Waals surface area contributed by atoms with Crippen molar-refractivity contribution in [1.29, 1.82) is 0 Å². The third-order valence-electron chi connectivity index (χ3n) is 4.73. The number of sulfone groups is 1. The zero-order valence-corrected chi connectivity index (χ0v) is 15.9. The van der Waals surface area contributed by atoms with Gasteiger partial charge in [0.1, 0.15) is 4.75 Å². The van der Waals surface area contributed by atoms with Crippen LogP contribution in [0.1, 0.15) is 29.3 Å². The molecule has 0 aromatic heterocycles. The highest BCUT2D eigenvalue weighted by Crippen LogP contribution is 2.25. The lowest BCUT2D eigenvalue weighted by Crippen LogP contribution is -2.49. The normalized spacial score (nSPS) is 13.6. The molecule has 0 unspecified atom stereocenters. The highest BCUT2D eigenvalue weighted by molar-refractivity contribution is 7.92. The molecule has 0 heterocycles. The van der Waals surface area contributed by atoms with E-state index in [-0.39, 0.29) is 6.42 Å². The summed E-state index contributed by atoms with van der Waals surface area (Å²) >= 11 is 0. The molecule has 0 aliphatic heterocycles. The van der Waals surface area contributed by atoms with Crippen LogP contribution in [0.5, 0.6) is 0 Å². The van der Waals surface area contributed by atoms with Gasteiger partial charge in [-0.3, -0.25) is 14.8 Å². The Hall–Kier alpha value is -2.71. The zero-order valence-electron chi connectivity index (χ0n) is 15.1. The summed E-state index contributed by atoms with van der Waals surface area (Å²) in [5.74, 6) is -1.46. The van der Waals surface area contributed by atoms with Crippen LogP contribution in [0.2, 0.25) is 0 Å². The number of aryl methyl sites for hydroxylation is 1. The molecule has 0 radical (unpaired) electrons. The summed E-state index contributed by atoms with van der Waals surface area (Å²) in [6, 6.07) is 14.3. The van der Waals surface area contributed by atoms with E-state index >= 15 is 0 Å². The molecule has 0 aliphatic rings. The number of primary amides is 1. The molecule has 27 heavy (non-hydrogen) atoms. The van der Waals surface area contributed by atoms with E-state index in [1.165, 1.54) is 12.4 Å². The van der Waals surface area contributed by atoms with E-state index in [1.807, 2.05) is 30.3 Å². The summed E-state index contributed by atoms with van der Waals surface area (Å²) in [6.45, 7) is 1.29. The van der Waals surface area contributed by atoms with Crippen molar-refractivity contribution in [3.05, 3.63) is 59.7 Å². The van der Waals surface area contributed by atoms with Crippen molar-refractivity contribution < 1.29 is 23.2 Å². The van der Waals surface area contributed by atoms with Crippen molar-refractivity contribution in [2.24, 2.45) is 5.73 Å². The molecule has 2 rings (SSSR count). The second-order valence-electron chi connectivity index (χ2n) is 6.59. The Morgan fingerprint density at radius 1 is 1.11 bits per heavy atom. The molecule has 8 heteroatoms. The van der Waals surface area contributed by atoms with E-state index in [2.05, 4.69) is 0 Å². The average molecular weight is 390 g/mol. The van der Waals surface area contributed by atoms with Crippen LogP contribution in [-0.4, -0.2) is 36.4 Å². The van der Waals surface area contributed by atoms with Gasteiger partial charge in [-0.1, -0.05) is 36.4 Å². The quantitative estimate of drug-likeness (QED) is 0.490. The van der Waals surface area contributed by atoms with Gasteiger partial charge in [0.2, 0.25) is 5.91 Å². The summed E-state index contributed by atoms with van der Waals surface area (Å²) in [5, 5.41) is 8.86. The summed E-state index contributed by atoms with van der Waals surface area (Å²) in [6.07, 6.45) is 1.32. The number of nitrogens with two attached hydrogens (primary N) is 1. The minimum atomic E-state index is -3.73. The van der Waals surface area contributed by atoms with Gasteiger partial charge >= 0.3 is 0 Å².